The highest BCUT2D eigenvalue weighted by molar-refractivity contribution is 6.13. The summed E-state index contributed by atoms with van der Waals surface area (Å²) in [5, 5.41) is 0. The Morgan fingerprint density at radius 3 is 2.29 bits per heavy atom. The minimum absolute atomic E-state index is 0.214. The van der Waals surface area contributed by atoms with Crippen molar-refractivity contribution in [3.05, 3.63) is 65.2 Å². The second-order valence-electron chi connectivity index (χ2n) is 9.91. The maximum absolute atomic E-state index is 12.7. The van der Waals surface area contributed by atoms with E-state index < -0.39 is 23.0 Å². The largest absolute Gasteiger partial charge is 0.496 e. The van der Waals surface area contributed by atoms with E-state index in [0.29, 0.717) is 47.7 Å². The van der Waals surface area contributed by atoms with E-state index >= 15 is 0 Å². The number of esters is 2. The SMILES string of the molecule is COc1cc(OC)cc(O[C@@]23CCC4=C(C(=O)OC4=O)[C@@](C)(CC[C@H]2Cc2ccccc2)C3)c1. The first-order valence-corrected chi connectivity index (χ1v) is 11.8. The first-order valence-electron chi connectivity index (χ1n) is 11.8. The lowest BCUT2D eigenvalue weighted by Crippen LogP contribution is -2.52. The van der Waals surface area contributed by atoms with Crippen molar-refractivity contribution < 1.29 is 28.5 Å². The summed E-state index contributed by atoms with van der Waals surface area (Å²) in [6.07, 6.45) is 4.27. The Bertz CT molecular complexity index is 1130. The van der Waals surface area contributed by atoms with Gasteiger partial charge in [-0.25, -0.2) is 9.59 Å². The average molecular weight is 463 g/mol. The van der Waals surface area contributed by atoms with Gasteiger partial charge in [-0.15, -0.1) is 0 Å². The minimum Gasteiger partial charge on any atom is -0.496 e. The highest BCUT2D eigenvalue weighted by atomic mass is 16.6. The Morgan fingerprint density at radius 1 is 0.941 bits per heavy atom. The summed E-state index contributed by atoms with van der Waals surface area (Å²) >= 11 is 0. The van der Waals surface area contributed by atoms with E-state index in [2.05, 4.69) is 31.2 Å². The first-order chi connectivity index (χ1) is 16.4. The van der Waals surface area contributed by atoms with Crippen LogP contribution in [0.4, 0.5) is 0 Å². The molecule has 1 heterocycles. The van der Waals surface area contributed by atoms with Gasteiger partial charge in [-0.1, -0.05) is 37.3 Å². The van der Waals surface area contributed by atoms with Crippen molar-refractivity contribution in [1.82, 2.24) is 0 Å². The topological polar surface area (TPSA) is 71.1 Å². The molecule has 1 fully saturated rings. The van der Waals surface area contributed by atoms with E-state index in [0.717, 1.165) is 19.3 Å². The number of cyclic esters (lactones) is 2. The van der Waals surface area contributed by atoms with Gasteiger partial charge in [-0.05, 0) is 44.1 Å². The van der Waals surface area contributed by atoms with Gasteiger partial charge >= 0.3 is 11.9 Å². The fraction of sp³-hybridized carbons (Fsp3) is 0.429. The molecule has 0 saturated heterocycles. The molecule has 1 saturated carbocycles. The number of carbonyl (C=O) groups excluding carboxylic acids is 2. The fourth-order valence-electron chi connectivity index (χ4n) is 6.18. The zero-order valence-corrected chi connectivity index (χ0v) is 19.9. The Hall–Kier alpha value is -3.28. The third kappa shape index (κ3) is 3.85. The molecule has 0 unspecified atom stereocenters. The molecule has 6 nitrogen and oxygen atoms in total. The second-order valence-corrected chi connectivity index (χ2v) is 9.91. The number of hydrogen-bond acceptors (Lipinski definition) is 6. The van der Waals surface area contributed by atoms with Crippen LogP contribution in [-0.4, -0.2) is 31.8 Å². The maximum Gasteiger partial charge on any atom is 0.343 e. The van der Waals surface area contributed by atoms with Gasteiger partial charge in [0.1, 0.15) is 22.8 Å². The number of fused-ring (bicyclic) bond motifs is 3. The first kappa shape index (κ1) is 22.5. The van der Waals surface area contributed by atoms with Gasteiger partial charge in [0, 0.05) is 35.1 Å². The number of methoxy groups -OCH3 is 2. The van der Waals surface area contributed by atoms with Crippen molar-refractivity contribution in [1.29, 1.82) is 0 Å². The normalized spacial score (nSPS) is 28.1. The lowest BCUT2D eigenvalue weighted by atomic mass is 9.60. The number of carbonyl (C=O) groups is 2. The Morgan fingerprint density at radius 2 is 1.62 bits per heavy atom. The molecule has 2 bridgehead atoms. The number of ether oxygens (including phenoxy) is 4. The van der Waals surface area contributed by atoms with E-state index in [9.17, 15) is 9.59 Å². The van der Waals surface area contributed by atoms with Gasteiger partial charge in [-0.2, -0.15) is 0 Å². The van der Waals surface area contributed by atoms with Gasteiger partial charge in [-0.3, -0.25) is 0 Å². The third-order valence-electron chi connectivity index (χ3n) is 7.79. The zero-order valence-electron chi connectivity index (χ0n) is 19.9. The van der Waals surface area contributed by atoms with E-state index in [4.69, 9.17) is 18.9 Å². The van der Waals surface area contributed by atoms with Gasteiger partial charge in [0.25, 0.3) is 0 Å². The van der Waals surface area contributed by atoms with Crippen molar-refractivity contribution in [2.75, 3.05) is 14.2 Å². The van der Waals surface area contributed by atoms with Crippen LogP contribution in [0.1, 0.15) is 44.6 Å². The van der Waals surface area contributed by atoms with Gasteiger partial charge in [0.15, 0.2) is 0 Å². The van der Waals surface area contributed by atoms with Crippen molar-refractivity contribution in [3.63, 3.8) is 0 Å². The van der Waals surface area contributed by atoms with Crippen LogP contribution in [0.5, 0.6) is 17.2 Å². The summed E-state index contributed by atoms with van der Waals surface area (Å²) < 4.78 is 22.9. The number of hydrogen-bond donors (Lipinski definition) is 0. The molecule has 0 amide bonds. The quantitative estimate of drug-likeness (QED) is 0.442. The van der Waals surface area contributed by atoms with Crippen LogP contribution in [0, 0.1) is 11.3 Å². The van der Waals surface area contributed by atoms with E-state index in [-0.39, 0.29) is 5.92 Å². The molecule has 5 rings (SSSR count). The molecule has 2 aliphatic carbocycles. The molecule has 1 aliphatic heterocycles. The Kier molecular flexibility index (Phi) is 5.62. The van der Waals surface area contributed by atoms with Crippen LogP contribution >= 0.6 is 0 Å². The van der Waals surface area contributed by atoms with Crippen LogP contribution in [0.25, 0.3) is 0 Å². The number of benzene rings is 2. The second kappa shape index (κ2) is 8.49. The summed E-state index contributed by atoms with van der Waals surface area (Å²) in [5.74, 6) is 1.20. The molecule has 3 aliphatic rings. The molecule has 0 radical (unpaired) electrons. The average Bonchev–Trinajstić information content (AvgIpc) is 3.07. The fourth-order valence-corrected chi connectivity index (χ4v) is 6.18. The molecule has 3 atom stereocenters. The van der Waals surface area contributed by atoms with Crippen molar-refractivity contribution >= 4 is 11.9 Å². The van der Waals surface area contributed by atoms with Crippen LogP contribution in [-0.2, 0) is 20.7 Å². The molecule has 0 N–H and O–H groups in total. The Labute approximate surface area is 199 Å². The Balaban J connectivity index is 1.57. The minimum atomic E-state index is -0.564. The van der Waals surface area contributed by atoms with E-state index in [1.54, 1.807) is 14.2 Å². The van der Waals surface area contributed by atoms with Crippen LogP contribution in [0.2, 0.25) is 0 Å². The molecule has 0 aromatic heterocycles. The lowest BCUT2D eigenvalue weighted by Gasteiger charge is -2.50. The van der Waals surface area contributed by atoms with Crippen molar-refractivity contribution in [2.45, 2.75) is 51.0 Å². The van der Waals surface area contributed by atoms with Gasteiger partial charge in [0.2, 0.25) is 0 Å². The highest BCUT2D eigenvalue weighted by Gasteiger charge is 2.57. The smallest absolute Gasteiger partial charge is 0.343 e. The summed E-state index contributed by atoms with van der Waals surface area (Å²) in [5.41, 5.74) is 1.30. The van der Waals surface area contributed by atoms with Gasteiger partial charge in [0.05, 0.1) is 19.8 Å². The van der Waals surface area contributed by atoms with E-state index in [1.807, 2.05) is 24.3 Å². The van der Waals surface area contributed by atoms with Gasteiger partial charge < -0.3 is 18.9 Å². The molecular weight excluding hydrogens is 432 g/mol. The van der Waals surface area contributed by atoms with Crippen molar-refractivity contribution in [3.8, 4) is 17.2 Å². The molecule has 0 spiro atoms. The predicted octanol–water partition coefficient (Wildman–Crippen LogP) is 5.04. The zero-order chi connectivity index (χ0) is 23.9. The van der Waals surface area contributed by atoms with Crippen molar-refractivity contribution in [2.24, 2.45) is 11.3 Å². The summed E-state index contributed by atoms with van der Waals surface area (Å²) in [4.78, 5) is 25.2. The summed E-state index contributed by atoms with van der Waals surface area (Å²) in [7, 11) is 3.23. The highest BCUT2D eigenvalue weighted by Crippen LogP contribution is 2.57. The molecule has 6 heteroatoms. The summed E-state index contributed by atoms with van der Waals surface area (Å²) in [6.45, 7) is 2.08. The summed E-state index contributed by atoms with van der Waals surface area (Å²) in [6, 6.07) is 16.0. The number of rotatable bonds is 6. The predicted molar refractivity (Wildman–Crippen MR) is 126 cm³/mol. The monoisotopic (exact) mass is 462 g/mol. The van der Waals surface area contributed by atoms with E-state index in [1.165, 1.54) is 5.56 Å². The molecule has 2 aromatic carbocycles. The van der Waals surface area contributed by atoms with Crippen LogP contribution in [0.15, 0.2) is 59.7 Å². The standard InChI is InChI=1S/C28H30O6/c1-27-11-9-19(13-18-7-5-4-6-8-18)28(17-27,12-10-23-24(27)26(30)33-25(23)29)34-22-15-20(31-2)14-21(16-22)32-3/h4-8,14-16,19H,9-13,17H2,1-3H3/t19-,27-,28+/m0/s1. The van der Waals surface area contributed by atoms with Crippen LogP contribution < -0.4 is 14.2 Å². The third-order valence-corrected chi connectivity index (χ3v) is 7.79. The molecular formula is C28H30O6. The molecule has 34 heavy (non-hydrogen) atoms. The lowest BCUT2D eigenvalue weighted by molar-refractivity contribution is -0.152. The molecule has 2 aromatic rings. The maximum atomic E-state index is 12.7. The molecule has 178 valence electrons. The van der Waals surface area contributed by atoms with Crippen LogP contribution in [0.3, 0.4) is 0 Å².